The molecule has 19 heavy (non-hydrogen) atoms. The fourth-order valence-electron chi connectivity index (χ4n) is 3.44. The minimum atomic E-state index is 0.330. The average molecular weight is 321 g/mol. The van der Waals surface area contributed by atoms with Crippen molar-refractivity contribution >= 4 is 15.9 Å². The first-order valence-corrected chi connectivity index (χ1v) is 8.52. The van der Waals surface area contributed by atoms with E-state index in [1.54, 1.807) is 11.1 Å². The number of benzene rings is 1. The summed E-state index contributed by atoms with van der Waals surface area (Å²) in [6.45, 7) is 9.61. The number of fused-ring (bicyclic) bond motifs is 1. The van der Waals surface area contributed by atoms with E-state index in [1.165, 1.54) is 31.2 Å². The summed E-state index contributed by atoms with van der Waals surface area (Å²) in [5.41, 5.74) is 5.32. The van der Waals surface area contributed by atoms with Crippen molar-refractivity contribution in [2.45, 2.75) is 69.0 Å². The Morgan fingerprint density at radius 2 is 1.58 bits per heavy atom. The number of halogens is 1. The SMILES string of the molecule is CC1(C)CCC(C)(C)c2cc(C(Br)C3CC3)ccc21. The number of hydrogen-bond donors (Lipinski definition) is 0. The third-order valence-electron chi connectivity index (χ3n) is 5.23. The molecule has 0 radical (unpaired) electrons. The maximum atomic E-state index is 3.91. The standard InChI is InChI=1S/C18H25Br/c1-17(2)9-10-18(3,4)15-11-13(7-8-14(15)17)16(19)12-5-6-12/h7-8,11-12,16H,5-6,9-10H2,1-4H3. The molecule has 0 nitrogen and oxygen atoms in total. The van der Waals surface area contributed by atoms with E-state index in [0.717, 1.165) is 5.92 Å². The summed E-state index contributed by atoms with van der Waals surface area (Å²) < 4.78 is 0. The molecular weight excluding hydrogens is 296 g/mol. The van der Waals surface area contributed by atoms with Crippen molar-refractivity contribution in [1.29, 1.82) is 0 Å². The zero-order valence-electron chi connectivity index (χ0n) is 12.6. The highest BCUT2D eigenvalue weighted by Crippen LogP contribution is 2.50. The van der Waals surface area contributed by atoms with Crippen LogP contribution >= 0.6 is 15.9 Å². The molecule has 0 spiro atoms. The Labute approximate surface area is 126 Å². The van der Waals surface area contributed by atoms with Gasteiger partial charge in [-0.3, -0.25) is 0 Å². The molecule has 3 rings (SSSR count). The number of rotatable bonds is 2. The molecule has 0 aromatic heterocycles. The summed E-state index contributed by atoms with van der Waals surface area (Å²) in [6.07, 6.45) is 5.38. The highest BCUT2D eigenvalue weighted by molar-refractivity contribution is 9.09. The Hall–Kier alpha value is -0.300. The number of alkyl halides is 1. The van der Waals surface area contributed by atoms with Crippen LogP contribution in [0.1, 0.15) is 74.9 Å². The van der Waals surface area contributed by atoms with E-state index in [0.29, 0.717) is 15.7 Å². The van der Waals surface area contributed by atoms with Gasteiger partial charge >= 0.3 is 0 Å². The van der Waals surface area contributed by atoms with Crippen LogP contribution in [0.5, 0.6) is 0 Å². The summed E-state index contributed by atoms with van der Waals surface area (Å²) in [4.78, 5) is 0.568. The van der Waals surface area contributed by atoms with Gasteiger partial charge in [0.25, 0.3) is 0 Å². The van der Waals surface area contributed by atoms with Crippen molar-refractivity contribution in [2.75, 3.05) is 0 Å². The molecule has 1 heteroatoms. The van der Waals surface area contributed by atoms with Gasteiger partial charge in [0.2, 0.25) is 0 Å². The van der Waals surface area contributed by atoms with E-state index >= 15 is 0 Å². The molecule has 1 saturated carbocycles. The average Bonchev–Trinajstić information content (AvgIpc) is 3.18. The molecule has 2 aliphatic carbocycles. The molecule has 104 valence electrons. The Morgan fingerprint density at radius 1 is 1.00 bits per heavy atom. The second kappa shape index (κ2) is 4.35. The second-order valence-electron chi connectivity index (χ2n) is 7.81. The molecule has 0 N–H and O–H groups in total. The van der Waals surface area contributed by atoms with Crippen molar-refractivity contribution in [3.8, 4) is 0 Å². The molecule has 0 aliphatic heterocycles. The summed E-state index contributed by atoms with van der Waals surface area (Å²) in [5, 5.41) is 0. The van der Waals surface area contributed by atoms with Crippen LogP contribution in [-0.2, 0) is 10.8 Å². The first kappa shape index (κ1) is 13.7. The molecule has 1 fully saturated rings. The van der Waals surface area contributed by atoms with Crippen LogP contribution in [0, 0.1) is 5.92 Å². The largest absolute Gasteiger partial charge is 0.0836 e. The quantitative estimate of drug-likeness (QED) is 0.597. The third kappa shape index (κ3) is 2.39. The first-order valence-electron chi connectivity index (χ1n) is 7.60. The van der Waals surface area contributed by atoms with Crippen molar-refractivity contribution in [3.63, 3.8) is 0 Å². The normalized spacial score (nSPS) is 25.7. The smallest absolute Gasteiger partial charge is 0.0423 e. The zero-order valence-corrected chi connectivity index (χ0v) is 14.2. The summed E-state index contributed by atoms with van der Waals surface area (Å²) in [6, 6.07) is 7.26. The monoisotopic (exact) mass is 320 g/mol. The van der Waals surface area contributed by atoms with Gasteiger partial charge < -0.3 is 0 Å². The Balaban J connectivity index is 2.06. The predicted octanol–water partition coefficient (Wildman–Crippen LogP) is 5.88. The summed E-state index contributed by atoms with van der Waals surface area (Å²) >= 11 is 3.91. The molecule has 2 aliphatic rings. The Bertz CT molecular complexity index is 494. The van der Waals surface area contributed by atoms with E-state index in [-0.39, 0.29) is 0 Å². The van der Waals surface area contributed by atoms with E-state index < -0.39 is 0 Å². The minimum Gasteiger partial charge on any atom is -0.0836 e. The van der Waals surface area contributed by atoms with Crippen molar-refractivity contribution in [3.05, 3.63) is 34.9 Å². The van der Waals surface area contributed by atoms with Crippen LogP contribution in [-0.4, -0.2) is 0 Å². The predicted molar refractivity (Wildman–Crippen MR) is 86.1 cm³/mol. The highest BCUT2D eigenvalue weighted by atomic mass is 79.9. The maximum absolute atomic E-state index is 3.91. The van der Waals surface area contributed by atoms with Gasteiger partial charge in [-0.25, -0.2) is 0 Å². The highest BCUT2D eigenvalue weighted by Gasteiger charge is 2.38. The molecule has 0 saturated heterocycles. The lowest BCUT2D eigenvalue weighted by molar-refractivity contribution is 0.331. The molecular formula is C18H25Br. The van der Waals surface area contributed by atoms with Crippen LogP contribution in [0.15, 0.2) is 18.2 Å². The topological polar surface area (TPSA) is 0 Å². The van der Waals surface area contributed by atoms with Gasteiger partial charge in [0, 0.05) is 4.83 Å². The Morgan fingerprint density at radius 3 is 2.16 bits per heavy atom. The van der Waals surface area contributed by atoms with E-state index in [2.05, 4.69) is 61.8 Å². The van der Waals surface area contributed by atoms with Crippen LogP contribution in [0.3, 0.4) is 0 Å². The van der Waals surface area contributed by atoms with Crippen molar-refractivity contribution < 1.29 is 0 Å². The van der Waals surface area contributed by atoms with Gasteiger partial charge in [-0.2, -0.15) is 0 Å². The maximum Gasteiger partial charge on any atom is 0.0423 e. The molecule has 0 amide bonds. The zero-order chi connectivity index (χ0) is 13.8. The lowest BCUT2D eigenvalue weighted by Gasteiger charge is -2.42. The van der Waals surface area contributed by atoms with Crippen LogP contribution in [0.25, 0.3) is 0 Å². The summed E-state index contributed by atoms with van der Waals surface area (Å²) in [7, 11) is 0. The van der Waals surface area contributed by atoms with Gasteiger partial charge in [-0.1, -0.05) is 61.8 Å². The second-order valence-corrected chi connectivity index (χ2v) is 8.80. The molecule has 1 atom stereocenters. The van der Waals surface area contributed by atoms with E-state index in [9.17, 15) is 0 Å². The molecule has 0 heterocycles. The lowest BCUT2D eigenvalue weighted by Crippen LogP contribution is -2.33. The van der Waals surface area contributed by atoms with Crippen molar-refractivity contribution in [2.24, 2.45) is 5.92 Å². The summed E-state index contributed by atoms with van der Waals surface area (Å²) in [5.74, 6) is 0.873. The van der Waals surface area contributed by atoms with Crippen LogP contribution in [0.4, 0.5) is 0 Å². The van der Waals surface area contributed by atoms with Gasteiger partial charge in [0.1, 0.15) is 0 Å². The van der Waals surface area contributed by atoms with Crippen molar-refractivity contribution in [1.82, 2.24) is 0 Å². The fraction of sp³-hybridized carbons (Fsp3) is 0.667. The van der Waals surface area contributed by atoms with Gasteiger partial charge in [0.15, 0.2) is 0 Å². The van der Waals surface area contributed by atoms with Gasteiger partial charge in [-0.05, 0) is 59.1 Å². The molecule has 1 aromatic carbocycles. The molecule has 1 unspecified atom stereocenters. The number of hydrogen-bond acceptors (Lipinski definition) is 0. The van der Waals surface area contributed by atoms with Gasteiger partial charge in [0.05, 0.1) is 0 Å². The first-order chi connectivity index (χ1) is 8.81. The van der Waals surface area contributed by atoms with Gasteiger partial charge in [-0.15, -0.1) is 0 Å². The lowest BCUT2D eigenvalue weighted by atomic mass is 9.63. The minimum absolute atomic E-state index is 0.330. The third-order valence-corrected chi connectivity index (χ3v) is 6.51. The molecule has 1 aromatic rings. The fourth-order valence-corrected chi connectivity index (χ4v) is 4.25. The van der Waals surface area contributed by atoms with E-state index in [1.807, 2.05) is 0 Å². The molecule has 0 bridgehead atoms. The van der Waals surface area contributed by atoms with E-state index in [4.69, 9.17) is 0 Å². The van der Waals surface area contributed by atoms with Crippen LogP contribution < -0.4 is 0 Å². The Kier molecular flexibility index (Phi) is 3.13. The van der Waals surface area contributed by atoms with Crippen LogP contribution in [0.2, 0.25) is 0 Å².